The summed E-state index contributed by atoms with van der Waals surface area (Å²) in [6, 6.07) is 13.5. The molecule has 162 valence electrons. The molecule has 1 N–H and O–H groups in total. The minimum absolute atomic E-state index is 0.0663. The Labute approximate surface area is 183 Å². The second-order valence-corrected chi connectivity index (χ2v) is 8.44. The molecule has 2 aromatic rings. The quantitative estimate of drug-likeness (QED) is 0.667. The number of carbonyl (C=O) groups excluding carboxylic acids is 3. The van der Waals surface area contributed by atoms with Gasteiger partial charge in [-0.25, -0.2) is 0 Å². The lowest BCUT2D eigenvalue weighted by atomic mass is 10.1. The SMILES string of the molecule is Cc1ccc2c(c1)C(=O)N(CCCC(=O)NCc1ccccc1CN1CCCC1)C2=O. The molecule has 0 saturated carbocycles. The number of benzene rings is 2. The summed E-state index contributed by atoms with van der Waals surface area (Å²) in [5, 5.41) is 2.99. The summed E-state index contributed by atoms with van der Waals surface area (Å²) in [7, 11) is 0. The van der Waals surface area contributed by atoms with E-state index in [-0.39, 0.29) is 30.7 Å². The number of likely N-dealkylation sites (tertiary alicyclic amines) is 1. The second kappa shape index (κ2) is 9.43. The monoisotopic (exact) mass is 419 g/mol. The lowest BCUT2D eigenvalue weighted by Gasteiger charge is -2.18. The first-order valence-corrected chi connectivity index (χ1v) is 11.1. The van der Waals surface area contributed by atoms with Crippen molar-refractivity contribution in [2.75, 3.05) is 19.6 Å². The number of carbonyl (C=O) groups is 3. The number of nitrogens with one attached hydrogen (secondary N) is 1. The molecular formula is C25H29N3O3. The number of hydrogen-bond donors (Lipinski definition) is 1. The van der Waals surface area contributed by atoms with Gasteiger partial charge in [-0.1, -0.05) is 35.9 Å². The second-order valence-electron chi connectivity index (χ2n) is 8.44. The summed E-state index contributed by atoms with van der Waals surface area (Å²) in [6.07, 6.45) is 3.24. The molecule has 6 heteroatoms. The molecule has 0 atom stereocenters. The molecule has 1 saturated heterocycles. The van der Waals surface area contributed by atoms with Crippen molar-refractivity contribution in [3.8, 4) is 0 Å². The minimum atomic E-state index is -0.267. The predicted molar refractivity (Wildman–Crippen MR) is 119 cm³/mol. The van der Waals surface area contributed by atoms with Crippen LogP contribution < -0.4 is 5.32 Å². The van der Waals surface area contributed by atoms with Crippen LogP contribution in [0.5, 0.6) is 0 Å². The van der Waals surface area contributed by atoms with E-state index in [1.54, 1.807) is 12.1 Å². The third-order valence-electron chi connectivity index (χ3n) is 6.10. The van der Waals surface area contributed by atoms with Crippen molar-refractivity contribution in [2.45, 2.75) is 45.7 Å². The van der Waals surface area contributed by atoms with E-state index in [4.69, 9.17) is 0 Å². The fourth-order valence-corrected chi connectivity index (χ4v) is 4.35. The van der Waals surface area contributed by atoms with Gasteiger partial charge in [0.25, 0.3) is 11.8 Å². The zero-order chi connectivity index (χ0) is 21.8. The number of imide groups is 1. The molecule has 4 rings (SSSR count). The largest absolute Gasteiger partial charge is 0.352 e. The van der Waals surface area contributed by atoms with Gasteiger partial charge in [-0.2, -0.15) is 0 Å². The molecule has 2 heterocycles. The number of rotatable bonds is 8. The van der Waals surface area contributed by atoms with Crippen molar-refractivity contribution >= 4 is 17.7 Å². The lowest BCUT2D eigenvalue weighted by Crippen LogP contribution is -2.32. The van der Waals surface area contributed by atoms with E-state index in [9.17, 15) is 14.4 Å². The van der Waals surface area contributed by atoms with Crippen LogP contribution in [0.2, 0.25) is 0 Å². The Morgan fingerprint density at radius 2 is 1.68 bits per heavy atom. The van der Waals surface area contributed by atoms with E-state index in [1.807, 2.05) is 25.1 Å². The van der Waals surface area contributed by atoms with Crippen LogP contribution in [0.25, 0.3) is 0 Å². The smallest absolute Gasteiger partial charge is 0.261 e. The highest BCUT2D eigenvalue weighted by Gasteiger charge is 2.34. The molecule has 0 unspecified atom stereocenters. The van der Waals surface area contributed by atoms with Crippen LogP contribution in [0, 0.1) is 6.92 Å². The molecule has 0 spiro atoms. The van der Waals surface area contributed by atoms with E-state index in [0.29, 0.717) is 24.1 Å². The Bertz CT molecular complexity index is 995. The average molecular weight is 420 g/mol. The summed E-state index contributed by atoms with van der Waals surface area (Å²) in [5.41, 5.74) is 4.26. The van der Waals surface area contributed by atoms with Gasteiger partial charge >= 0.3 is 0 Å². The molecule has 0 aliphatic carbocycles. The van der Waals surface area contributed by atoms with E-state index < -0.39 is 0 Å². The van der Waals surface area contributed by atoms with Crippen LogP contribution in [0.3, 0.4) is 0 Å². The van der Waals surface area contributed by atoms with Crippen LogP contribution in [0.15, 0.2) is 42.5 Å². The van der Waals surface area contributed by atoms with Gasteiger partial charge in [0.05, 0.1) is 11.1 Å². The van der Waals surface area contributed by atoms with Gasteiger partial charge in [0.1, 0.15) is 0 Å². The number of nitrogens with zero attached hydrogens (tertiary/aromatic N) is 2. The van der Waals surface area contributed by atoms with Crippen molar-refractivity contribution < 1.29 is 14.4 Å². The van der Waals surface area contributed by atoms with Gasteiger partial charge in [0.2, 0.25) is 5.91 Å². The molecule has 2 aromatic carbocycles. The standard InChI is InChI=1S/C25H29N3O3/c1-18-10-11-21-22(15-18)25(31)28(24(21)30)14-6-9-23(29)26-16-19-7-2-3-8-20(19)17-27-12-4-5-13-27/h2-3,7-8,10-11,15H,4-6,9,12-14,16-17H2,1H3,(H,26,29). The number of fused-ring (bicyclic) bond motifs is 1. The van der Waals surface area contributed by atoms with Gasteiger partial charge in [-0.3, -0.25) is 24.2 Å². The van der Waals surface area contributed by atoms with Crippen LogP contribution in [0.1, 0.15) is 63.1 Å². The maximum Gasteiger partial charge on any atom is 0.261 e. The molecule has 6 nitrogen and oxygen atoms in total. The van der Waals surface area contributed by atoms with Crippen LogP contribution in [0.4, 0.5) is 0 Å². The molecule has 0 bridgehead atoms. The summed E-state index contributed by atoms with van der Waals surface area (Å²) < 4.78 is 0. The Kier molecular flexibility index (Phi) is 6.47. The average Bonchev–Trinajstić information content (AvgIpc) is 3.35. The fraction of sp³-hybridized carbons (Fsp3) is 0.400. The first-order valence-electron chi connectivity index (χ1n) is 11.1. The van der Waals surface area contributed by atoms with Crippen LogP contribution in [-0.4, -0.2) is 47.2 Å². The molecule has 0 aromatic heterocycles. The zero-order valence-corrected chi connectivity index (χ0v) is 18.0. The summed E-state index contributed by atoms with van der Waals surface area (Å²) >= 11 is 0. The van der Waals surface area contributed by atoms with Crippen molar-refractivity contribution in [3.05, 3.63) is 70.3 Å². The van der Waals surface area contributed by atoms with E-state index in [1.165, 1.54) is 23.3 Å². The molecule has 3 amide bonds. The lowest BCUT2D eigenvalue weighted by molar-refractivity contribution is -0.121. The van der Waals surface area contributed by atoms with Crippen molar-refractivity contribution in [1.82, 2.24) is 15.1 Å². The molecule has 0 radical (unpaired) electrons. The highest BCUT2D eigenvalue weighted by atomic mass is 16.2. The summed E-state index contributed by atoms with van der Waals surface area (Å²) in [6.45, 7) is 5.84. The zero-order valence-electron chi connectivity index (χ0n) is 18.0. The molecule has 31 heavy (non-hydrogen) atoms. The van der Waals surface area contributed by atoms with Crippen molar-refractivity contribution in [2.24, 2.45) is 0 Å². The summed E-state index contributed by atoms with van der Waals surface area (Å²) in [4.78, 5) is 41.1. The molecule has 2 aliphatic rings. The van der Waals surface area contributed by atoms with Crippen molar-refractivity contribution in [3.63, 3.8) is 0 Å². The first-order chi connectivity index (χ1) is 15.0. The van der Waals surface area contributed by atoms with Gasteiger partial charge in [0.15, 0.2) is 0 Å². The Hall–Kier alpha value is -2.99. The number of hydrogen-bond acceptors (Lipinski definition) is 4. The fourth-order valence-electron chi connectivity index (χ4n) is 4.35. The predicted octanol–water partition coefficient (Wildman–Crippen LogP) is 3.28. The highest BCUT2D eigenvalue weighted by Crippen LogP contribution is 2.24. The summed E-state index contributed by atoms with van der Waals surface area (Å²) in [5.74, 6) is -0.598. The Morgan fingerprint density at radius 1 is 0.968 bits per heavy atom. The van der Waals surface area contributed by atoms with Gasteiger partial charge in [-0.05, 0) is 62.5 Å². The third kappa shape index (κ3) is 4.85. The highest BCUT2D eigenvalue weighted by molar-refractivity contribution is 6.21. The normalized spacial score (nSPS) is 16.1. The Morgan fingerprint density at radius 3 is 2.45 bits per heavy atom. The third-order valence-corrected chi connectivity index (χ3v) is 6.10. The number of aryl methyl sites for hydroxylation is 1. The maximum absolute atomic E-state index is 12.5. The van der Waals surface area contributed by atoms with E-state index in [2.05, 4.69) is 22.3 Å². The first kappa shape index (κ1) is 21.2. The van der Waals surface area contributed by atoms with E-state index in [0.717, 1.165) is 30.8 Å². The van der Waals surface area contributed by atoms with Crippen LogP contribution >= 0.6 is 0 Å². The number of amides is 3. The van der Waals surface area contributed by atoms with Crippen LogP contribution in [-0.2, 0) is 17.9 Å². The van der Waals surface area contributed by atoms with Gasteiger partial charge in [0, 0.05) is 26.1 Å². The minimum Gasteiger partial charge on any atom is -0.352 e. The van der Waals surface area contributed by atoms with E-state index >= 15 is 0 Å². The van der Waals surface area contributed by atoms with Gasteiger partial charge in [-0.15, -0.1) is 0 Å². The molecular weight excluding hydrogens is 390 g/mol. The maximum atomic E-state index is 12.5. The van der Waals surface area contributed by atoms with Crippen molar-refractivity contribution in [1.29, 1.82) is 0 Å². The molecule has 2 aliphatic heterocycles. The molecule has 1 fully saturated rings. The van der Waals surface area contributed by atoms with Gasteiger partial charge < -0.3 is 5.32 Å². The Balaban J connectivity index is 1.25. The topological polar surface area (TPSA) is 69.7 Å².